The molecule has 0 saturated heterocycles. The van der Waals surface area contributed by atoms with Gasteiger partial charge < -0.3 is 0 Å². The van der Waals surface area contributed by atoms with Gasteiger partial charge in [-0.3, -0.25) is 14.1 Å². The maximum absolute atomic E-state index is 12.6. The summed E-state index contributed by atoms with van der Waals surface area (Å²) < 4.78 is 30.8. The van der Waals surface area contributed by atoms with Crippen LogP contribution in [0.5, 0.6) is 0 Å². The topological polar surface area (TPSA) is 68.2 Å². The van der Waals surface area contributed by atoms with Gasteiger partial charge >= 0.3 is 4.87 Å². The lowest BCUT2D eigenvalue weighted by atomic mass is 10.3. The van der Waals surface area contributed by atoms with Crippen molar-refractivity contribution in [1.82, 2.24) is 4.57 Å². The average Bonchev–Trinajstić information content (AvgIpc) is 2.84. The Kier molecular flexibility index (Phi) is 4.54. The highest BCUT2D eigenvalue weighted by Crippen LogP contribution is 2.25. The fourth-order valence-corrected chi connectivity index (χ4v) is 4.88. The van der Waals surface area contributed by atoms with Crippen LogP contribution in [0.3, 0.4) is 0 Å². The number of benzene rings is 2. The largest absolute Gasteiger partial charge is 0.308 e. The molecule has 1 heterocycles. The number of halogens is 1. The minimum atomic E-state index is -3.71. The van der Waals surface area contributed by atoms with Gasteiger partial charge in [0.15, 0.2) is 0 Å². The lowest BCUT2D eigenvalue weighted by Gasteiger charge is -2.10. The zero-order valence-corrected chi connectivity index (χ0v) is 16.2. The highest BCUT2D eigenvalue weighted by Gasteiger charge is 2.17. The van der Waals surface area contributed by atoms with Crippen molar-refractivity contribution < 1.29 is 8.42 Å². The fourth-order valence-electron chi connectivity index (χ4n) is 2.40. The van der Waals surface area contributed by atoms with Crippen LogP contribution < -0.4 is 9.60 Å². The molecule has 24 heavy (non-hydrogen) atoms. The minimum Gasteiger partial charge on any atom is -0.296 e. The fraction of sp³-hybridized carbons (Fsp3) is 0.188. The summed E-state index contributed by atoms with van der Waals surface area (Å²) in [5.74, 6) is 0. The standard InChI is InChI=1S/C16H15BrN2O3S2/c1-10(2)19-14-8-7-13(9-15(14)23-16(19)20)24(21,22)18-12-5-3-11(17)4-6-12/h3-10,18H,1-2H3. The maximum atomic E-state index is 12.6. The quantitative estimate of drug-likeness (QED) is 0.679. The van der Waals surface area contributed by atoms with Crippen molar-refractivity contribution in [3.63, 3.8) is 0 Å². The molecule has 0 aliphatic rings. The van der Waals surface area contributed by atoms with E-state index in [1.807, 2.05) is 13.8 Å². The second kappa shape index (κ2) is 6.34. The van der Waals surface area contributed by atoms with Crippen LogP contribution in [0.2, 0.25) is 0 Å². The SMILES string of the molecule is CC(C)n1c(=O)sc2cc(S(=O)(=O)Nc3ccc(Br)cc3)ccc21. The van der Waals surface area contributed by atoms with E-state index in [9.17, 15) is 13.2 Å². The van der Waals surface area contributed by atoms with E-state index in [-0.39, 0.29) is 15.8 Å². The molecule has 0 spiro atoms. The van der Waals surface area contributed by atoms with Crippen LogP contribution in [-0.4, -0.2) is 13.0 Å². The summed E-state index contributed by atoms with van der Waals surface area (Å²) in [6.45, 7) is 3.85. The van der Waals surface area contributed by atoms with E-state index in [4.69, 9.17) is 0 Å². The number of thiazole rings is 1. The second-order valence-corrected chi connectivity index (χ2v) is 9.16. The van der Waals surface area contributed by atoms with E-state index in [1.165, 1.54) is 6.07 Å². The van der Waals surface area contributed by atoms with E-state index in [0.29, 0.717) is 10.4 Å². The predicted octanol–water partition coefficient (Wildman–Crippen LogP) is 4.21. The Morgan fingerprint density at radius 3 is 2.42 bits per heavy atom. The van der Waals surface area contributed by atoms with Gasteiger partial charge in [-0.05, 0) is 56.3 Å². The summed E-state index contributed by atoms with van der Waals surface area (Å²) in [7, 11) is -3.71. The molecule has 0 amide bonds. The van der Waals surface area contributed by atoms with Crippen LogP contribution in [0.1, 0.15) is 19.9 Å². The van der Waals surface area contributed by atoms with E-state index < -0.39 is 10.0 Å². The number of rotatable bonds is 4. The molecule has 1 aromatic heterocycles. The van der Waals surface area contributed by atoms with Crippen molar-refractivity contribution in [2.24, 2.45) is 0 Å². The highest BCUT2D eigenvalue weighted by molar-refractivity contribution is 9.10. The summed E-state index contributed by atoms with van der Waals surface area (Å²) in [6.07, 6.45) is 0. The molecule has 0 atom stereocenters. The smallest absolute Gasteiger partial charge is 0.296 e. The molecule has 0 bridgehead atoms. The van der Waals surface area contributed by atoms with E-state index in [2.05, 4.69) is 20.7 Å². The number of nitrogens with one attached hydrogen (secondary N) is 1. The van der Waals surface area contributed by atoms with Crippen LogP contribution in [0, 0.1) is 0 Å². The summed E-state index contributed by atoms with van der Waals surface area (Å²) in [5, 5.41) is 0. The Hall–Kier alpha value is -1.64. The molecule has 0 radical (unpaired) electrons. The molecule has 0 fully saturated rings. The first-order valence-corrected chi connectivity index (χ1v) is 10.3. The molecule has 0 aliphatic heterocycles. The minimum absolute atomic E-state index is 0.0228. The number of aromatic nitrogens is 1. The molecule has 0 aliphatic carbocycles. The Morgan fingerprint density at radius 1 is 1.12 bits per heavy atom. The van der Waals surface area contributed by atoms with E-state index in [0.717, 1.165) is 21.3 Å². The van der Waals surface area contributed by atoms with Crippen LogP contribution in [0.25, 0.3) is 10.2 Å². The molecule has 8 heteroatoms. The summed E-state index contributed by atoms with van der Waals surface area (Å²) in [6, 6.07) is 11.6. The van der Waals surface area contributed by atoms with Crippen LogP contribution >= 0.6 is 27.3 Å². The van der Waals surface area contributed by atoms with Crippen LogP contribution in [0.4, 0.5) is 5.69 Å². The number of hydrogen-bond acceptors (Lipinski definition) is 4. The predicted molar refractivity (Wildman–Crippen MR) is 101 cm³/mol. The lowest BCUT2D eigenvalue weighted by Crippen LogP contribution is -2.15. The van der Waals surface area contributed by atoms with Crippen molar-refractivity contribution >= 4 is 53.2 Å². The maximum Gasteiger partial charge on any atom is 0.308 e. The third kappa shape index (κ3) is 3.26. The molecule has 2 aromatic carbocycles. The number of sulfonamides is 1. The molecular formula is C16H15BrN2O3S2. The molecule has 0 saturated carbocycles. The molecule has 0 unspecified atom stereocenters. The van der Waals surface area contributed by atoms with Gasteiger partial charge in [0, 0.05) is 16.2 Å². The van der Waals surface area contributed by atoms with Gasteiger partial charge in [0.05, 0.1) is 15.1 Å². The van der Waals surface area contributed by atoms with Gasteiger partial charge in [-0.2, -0.15) is 0 Å². The van der Waals surface area contributed by atoms with Gasteiger partial charge in [-0.25, -0.2) is 8.42 Å². The Morgan fingerprint density at radius 2 is 1.79 bits per heavy atom. The van der Waals surface area contributed by atoms with Gasteiger partial charge in [0.2, 0.25) is 0 Å². The number of hydrogen-bond donors (Lipinski definition) is 1. The Bertz CT molecular complexity index is 1050. The summed E-state index contributed by atoms with van der Waals surface area (Å²) in [5.41, 5.74) is 1.23. The summed E-state index contributed by atoms with van der Waals surface area (Å²) in [4.78, 5) is 12.1. The normalized spacial score (nSPS) is 12.0. The first kappa shape index (κ1) is 17.2. The average molecular weight is 427 g/mol. The third-order valence-electron chi connectivity index (χ3n) is 3.51. The van der Waals surface area contributed by atoms with Gasteiger partial charge in [-0.1, -0.05) is 27.3 Å². The summed E-state index contributed by atoms with van der Waals surface area (Å²) >= 11 is 4.36. The van der Waals surface area contributed by atoms with Crippen LogP contribution in [-0.2, 0) is 10.0 Å². The van der Waals surface area contributed by atoms with Crippen molar-refractivity contribution in [2.45, 2.75) is 24.8 Å². The number of fused-ring (bicyclic) bond motifs is 1. The van der Waals surface area contributed by atoms with E-state index >= 15 is 0 Å². The van der Waals surface area contributed by atoms with Crippen LogP contribution in [0.15, 0.2) is 56.6 Å². The number of nitrogens with zero attached hydrogens (tertiary/aromatic N) is 1. The Balaban J connectivity index is 2.02. The van der Waals surface area contributed by atoms with Gasteiger partial charge in [-0.15, -0.1) is 0 Å². The lowest BCUT2D eigenvalue weighted by molar-refractivity contribution is 0.601. The highest BCUT2D eigenvalue weighted by atomic mass is 79.9. The monoisotopic (exact) mass is 426 g/mol. The molecular weight excluding hydrogens is 412 g/mol. The molecule has 3 rings (SSSR count). The van der Waals surface area contributed by atoms with Gasteiger partial charge in [0.25, 0.3) is 10.0 Å². The number of anilines is 1. The zero-order chi connectivity index (χ0) is 17.5. The van der Waals surface area contributed by atoms with Gasteiger partial charge in [0.1, 0.15) is 0 Å². The van der Waals surface area contributed by atoms with Crippen molar-refractivity contribution in [2.75, 3.05) is 4.72 Å². The first-order chi connectivity index (χ1) is 11.3. The molecule has 3 aromatic rings. The third-order valence-corrected chi connectivity index (χ3v) is 6.33. The molecule has 1 N–H and O–H groups in total. The molecule has 126 valence electrons. The van der Waals surface area contributed by atoms with Crippen molar-refractivity contribution in [3.8, 4) is 0 Å². The zero-order valence-electron chi connectivity index (χ0n) is 13.0. The van der Waals surface area contributed by atoms with E-state index in [1.54, 1.807) is 41.0 Å². The second-order valence-electron chi connectivity index (χ2n) is 5.57. The molecule has 5 nitrogen and oxygen atoms in total. The van der Waals surface area contributed by atoms with Crippen molar-refractivity contribution in [1.29, 1.82) is 0 Å². The van der Waals surface area contributed by atoms with Crippen molar-refractivity contribution in [3.05, 3.63) is 56.6 Å². The Labute approximate surface area is 152 Å². The first-order valence-electron chi connectivity index (χ1n) is 7.21.